The van der Waals surface area contributed by atoms with Gasteiger partial charge in [-0.15, -0.1) is 0 Å². The van der Waals surface area contributed by atoms with Crippen molar-refractivity contribution in [1.82, 2.24) is 9.38 Å². The van der Waals surface area contributed by atoms with Crippen LogP contribution in [-0.4, -0.2) is 19.5 Å². The van der Waals surface area contributed by atoms with Crippen molar-refractivity contribution in [2.75, 3.05) is 5.32 Å². The molecule has 2 aromatic heterocycles. The molecule has 3 aromatic rings. The van der Waals surface area contributed by atoms with Crippen LogP contribution in [0.5, 0.6) is 0 Å². The van der Waals surface area contributed by atoms with Crippen LogP contribution >= 0.6 is 0 Å². The summed E-state index contributed by atoms with van der Waals surface area (Å²) in [5.41, 5.74) is 3.47. The first kappa shape index (κ1) is 15.4. The van der Waals surface area contributed by atoms with Gasteiger partial charge >= 0.3 is 0 Å². The SMILES string of the molecule is CC(=O)Nc1ccc([S@@](=O)Cc2cn3cccc(C)c3n2)cc1. The summed E-state index contributed by atoms with van der Waals surface area (Å²) < 4.78 is 14.4. The average Bonchev–Trinajstić information content (AvgIpc) is 2.91. The third kappa shape index (κ3) is 3.48. The molecule has 0 unspecified atom stereocenters. The van der Waals surface area contributed by atoms with E-state index in [0.717, 1.165) is 16.9 Å². The Bertz CT molecular complexity index is 884. The first-order valence-electron chi connectivity index (χ1n) is 7.22. The van der Waals surface area contributed by atoms with E-state index in [1.54, 1.807) is 24.3 Å². The van der Waals surface area contributed by atoms with E-state index in [0.29, 0.717) is 16.3 Å². The zero-order valence-electron chi connectivity index (χ0n) is 12.9. The smallest absolute Gasteiger partial charge is 0.221 e. The molecule has 0 saturated carbocycles. The molecule has 1 atom stereocenters. The fourth-order valence-electron chi connectivity index (χ4n) is 2.38. The summed E-state index contributed by atoms with van der Waals surface area (Å²) in [6, 6.07) is 11.0. The summed E-state index contributed by atoms with van der Waals surface area (Å²) in [6.45, 7) is 3.46. The number of nitrogens with one attached hydrogen (secondary N) is 1. The lowest BCUT2D eigenvalue weighted by Gasteiger charge is -2.04. The lowest BCUT2D eigenvalue weighted by Crippen LogP contribution is -2.05. The van der Waals surface area contributed by atoms with Crippen LogP contribution in [-0.2, 0) is 21.3 Å². The number of rotatable bonds is 4. The van der Waals surface area contributed by atoms with Gasteiger partial charge in [-0.05, 0) is 42.8 Å². The molecule has 0 aliphatic heterocycles. The number of amides is 1. The minimum absolute atomic E-state index is 0.126. The van der Waals surface area contributed by atoms with E-state index in [2.05, 4.69) is 10.3 Å². The number of aromatic nitrogens is 2. The maximum atomic E-state index is 12.5. The van der Waals surface area contributed by atoms with Crippen molar-refractivity contribution >= 4 is 28.0 Å². The molecule has 0 aliphatic carbocycles. The Balaban J connectivity index is 1.77. The highest BCUT2D eigenvalue weighted by Crippen LogP contribution is 2.17. The third-order valence-electron chi connectivity index (χ3n) is 3.44. The predicted octanol–water partition coefficient (Wildman–Crippen LogP) is 2.91. The number of hydrogen-bond donors (Lipinski definition) is 1. The Morgan fingerprint density at radius 1 is 1.26 bits per heavy atom. The molecule has 0 saturated heterocycles. The van der Waals surface area contributed by atoms with Crippen LogP contribution in [0.15, 0.2) is 53.7 Å². The molecular weight excluding hydrogens is 310 g/mol. The van der Waals surface area contributed by atoms with Crippen LogP contribution in [0.1, 0.15) is 18.2 Å². The monoisotopic (exact) mass is 327 g/mol. The summed E-state index contributed by atoms with van der Waals surface area (Å²) >= 11 is 0. The summed E-state index contributed by atoms with van der Waals surface area (Å²) in [5.74, 6) is 0.236. The van der Waals surface area contributed by atoms with Crippen LogP contribution in [0.3, 0.4) is 0 Å². The molecule has 5 nitrogen and oxygen atoms in total. The Morgan fingerprint density at radius 2 is 2.00 bits per heavy atom. The summed E-state index contributed by atoms with van der Waals surface area (Å²) in [6.07, 6.45) is 3.84. The van der Waals surface area contributed by atoms with E-state index in [1.165, 1.54) is 6.92 Å². The van der Waals surface area contributed by atoms with Gasteiger partial charge < -0.3 is 9.72 Å². The number of anilines is 1. The van der Waals surface area contributed by atoms with Gasteiger partial charge in [0.2, 0.25) is 5.91 Å². The Hall–Kier alpha value is -2.47. The van der Waals surface area contributed by atoms with Crippen molar-refractivity contribution in [3.8, 4) is 0 Å². The number of carbonyl (C=O) groups excluding carboxylic acids is 1. The molecule has 6 heteroatoms. The number of benzene rings is 1. The molecule has 2 heterocycles. The highest BCUT2D eigenvalue weighted by molar-refractivity contribution is 7.84. The first-order chi connectivity index (χ1) is 11.0. The minimum Gasteiger partial charge on any atom is -0.326 e. The van der Waals surface area contributed by atoms with E-state index in [1.807, 2.05) is 35.9 Å². The van der Waals surface area contributed by atoms with Crippen LogP contribution in [0.2, 0.25) is 0 Å². The molecule has 0 spiro atoms. The van der Waals surface area contributed by atoms with Gasteiger partial charge in [0.15, 0.2) is 0 Å². The molecule has 3 rings (SSSR count). The Labute approximate surface area is 136 Å². The van der Waals surface area contributed by atoms with E-state index < -0.39 is 10.8 Å². The second-order valence-corrected chi connectivity index (χ2v) is 6.80. The van der Waals surface area contributed by atoms with Crippen molar-refractivity contribution in [2.45, 2.75) is 24.5 Å². The highest BCUT2D eigenvalue weighted by Gasteiger charge is 2.10. The third-order valence-corrected chi connectivity index (χ3v) is 4.80. The van der Waals surface area contributed by atoms with Gasteiger partial charge in [-0.25, -0.2) is 4.98 Å². The lowest BCUT2D eigenvalue weighted by atomic mass is 10.3. The Morgan fingerprint density at radius 3 is 2.65 bits per heavy atom. The molecule has 23 heavy (non-hydrogen) atoms. The molecule has 0 radical (unpaired) electrons. The molecule has 1 aromatic carbocycles. The predicted molar refractivity (Wildman–Crippen MR) is 90.8 cm³/mol. The summed E-state index contributed by atoms with van der Waals surface area (Å²) in [7, 11) is -1.18. The van der Waals surface area contributed by atoms with Crippen molar-refractivity contribution in [2.24, 2.45) is 0 Å². The quantitative estimate of drug-likeness (QED) is 0.801. The summed E-state index contributed by atoms with van der Waals surface area (Å²) in [4.78, 5) is 16.3. The number of imidazole rings is 1. The van der Waals surface area contributed by atoms with Gasteiger partial charge in [-0.2, -0.15) is 0 Å². The molecule has 1 amide bonds. The fourth-order valence-corrected chi connectivity index (χ4v) is 3.40. The van der Waals surface area contributed by atoms with E-state index in [4.69, 9.17) is 0 Å². The minimum atomic E-state index is -1.18. The van der Waals surface area contributed by atoms with Crippen LogP contribution in [0.25, 0.3) is 5.65 Å². The zero-order valence-corrected chi connectivity index (χ0v) is 13.8. The maximum absolute atomic E-state index is 12.5. The number of carbonyl (C=O) groups is 1. The van der Waals surface area contributed by atoms with Crippen molar-refractivity contribution in [3.63, 3.8) is 0 Å². The largest absolute Gasteiger partial charge is 0.326 e. The van der Waals surface area contributed by atoms with Crippen molar-refractivity contribution in [1.29, 1.82) is 0 Å². The molecule has 0 fully saturated rings. The first-order valence-corrected chi connectivity index (χ1v) is 8.54. The van der Waals surface area contributed by atoms with E-state index >= 15 is 0 Å². The van der Waals surface area contributed by atoms with E-state index in [9.17, 15) is 9.00 Å². The molecule has 0 bridgehead atoms. The standard InChI is InChI=1S/C17H17N3O2S/c1-12-4-3-9-20-10-15(19-17(12)20)11-23(22)16-7-5-14(6-8-16)18-13(2)21/h3-10H,11H2,1-2H3,(H,18,21)/t23-/m0/s1. The average molecular weight is 327 g/mol. The molecule has 0 aliphatic rings. The van der Waals surface area contributed by atoms with Crippen molar-refractivity contribution < 1.29 is 9.00 Å². The fraction of sp³-hybridized carbons (Fsp3) is 0.176. The van der Waals surface area contributed by atoms with Crippen LogP contribution in [0.4, 0.5) is 5.69 Å². The van der Waals surface area contributed by atoms with Gasteiger partial charge in [0.05, 0.1) is 22.2 Å². The van der Waals surface area contributed by atoms with Crippen molar-refractivity contribution in [3.05, 3.63) is 60.0 Å². The second kappa shape index (κ2) is 6.34. The van der Waals surface area contributed by atoms with Gasteiger partial charge in [-0.1, -0.05) is 6.07 Å². The molecular formula is C17H17N3O2S. The number of pyridine rings is 1. The second-order valence-electron chi connectivity index (χ2n) is 5.35. The van der Waals surface area contributed by atoms with Gasteiger partial charge in [0, 0.05) is 29.9 Å². The normalized spacial score (nSPS) is 12.3. The van der Waals surface area contributed by atoms with Gasteiger partial charge in [-0.3, -0.25) is 9.00 Å². The van der Waals surface area contributed by atoms with E-state index in [-0.39, 0.29) is 5.91 Å². The number of fused-ring (bicyclic) bond motifs is 1. The lowest BCUT2D eigenvalue weighted by molar-refractivity contribution is -0.114. The number of nitrogens with zero attached hydrogens (tertiary/aromatic N) is 2. The van der Waals surface area contributed by atoms with Crippen LogP contribution in [0, 0.1) is 6.92 Å². The Kier molecular flexibility index (Phi) is 4.25. The van der Waals surface area contributed by atoms with Crippen LogP contribution < -0.4 is 5.32 Å². The number of aryl methyl sites for hydroxylation is 1. The maximum Gasteiger partial charge on any atom is 0.221 e. The van der Waals surface area contributed by atoms with Gasteiger partial charge in [0.1, 0.15) is 5.65 Å². The molecule has 118 valence electrons. The molecule has 1 N–H and O–H groups in total. The highest BCUT2D eigenvalue weighted by atomic mass is 32.2. The zero-order chi connectivity index (χ0) is 16.4. The summed E-state index contributed by atoms with van der Waals surface area (Å²) in [5, 5.41) is 2.69. The van der Waals surface area contributed by atoms with Gasteiger partial charge in [0.25, 0.3) is 0 Å². The topological polar surface area (TPSA) is 63.5 Å². The number of hydrogen-bond acceptors (Lipinski definition) is 3.